The van der Waals surface area contributed by atoms with Crippen LogP contribution in [0.2, 0.25) is 0 Å². The molecule has 3 aliphatic rings. The Morgan fingerprint density at radius 1 is 0.703 bits per heavy atom. The average Bonchev–Trinajstić information content (AvgIpc) is 3.61. The summed E-state index contributed by atoms with van der Waals surface area (Å²) in [5.41, 5.74) is 14.7. The van der Waals surface area contributed by atoms with Crippen LogP contribution in [0.5, 0.6) is 0 Å². The maximum Gasteiger partial charge on any atom is 0.264 e. The van der Waals surface area contributed by atoms with Gasteiger partial charge in [0, 0.05) is 56.5 Å². The molecule has 336 valence electrons. The van der Waals surface area contributed by atoms with Gasteiger partial charge in [-0.3, -0.25) is 9.11 Å². The number of fused-ring (bicyclic) bond motifs is 6. The molecule has 5 aromatic rings. The number of nitrogens with zero attached hydrogens (tertiary/aromatic N) is 2. The number of allylic oxidation sites excluding steroid dienone is 6. The minimum absolute atomic E-state index is 0.0206. The van der Waals surface area contributed by atoms with Gasteiger partial charge in [-0.05, 0) is 131 Å². The fourth-order valence-electron chi connectivity index (χ4n) is 10.3. The Labute approximate surface area is 383 Å². The Balaban J connectivity index is 1.20. The van der Waals surface area contributed by atoms with Crippen molar-refractivity contribution in [1.82, 2.24) is 0 Å². The molecule has 1 aliphatic carbocycles. The molecule has 64 heavy (non-hydrogen) atoms. The van der Waals surface area contributed by atoms with Crippen LogP contribution in [0, 0.1) is 0 Å². The number of hydrogen-bond donors (Lipinski definition) is 3. The van der Waals surface area contributed by atoms with E-state index in [-0.39, 0.29) is 28.4 Å². The van der Waals surface area contributed by atoms with Crippen molar-refractivity contribution in [2.45, 2.75) is 94.4 Å². The predicted molar refractivity (Wildman–Crippen MR) is 267 cm³/mol. The third kappa shape index (κ3) is 9.58. The highest BCUT2D eigenvalue weighted by Crippen LogP contribution is 2.52. The molecule has 0 amide bonds. The number of rotatable bonds is 15. The van der Waals surface area contributed by atoms with Crippen molar-refractivity contribution in [3.63, 3.8) is 0 Å². The minimum Gasteiger partial charge on any atom is -0.399 e. The Bertz CT molecular complexity index is 2930. The van der Waals surface area contributed by atoms with E-state index in [1.165, 1.54) is 48.7 Å². The summed E-state index contributed by atoms with van der Waals surface area (Å²) >= 11 is 1.76. The quantitative estimate of drug-likeness (QED) is 0.0528. The van der Waals surface area contributed by atoms with E-state index in [2.05, 4.69) is 147 Å². The molecular formula is C52H59N3O6S3. The molecule has 2 heterocycles. The maximum atomic E-state index is 11.7. The summed E-state index contributed by atoms with van der Waals surface area (Å²) in [6.07, 6.45) is 14.0. The zero-order valence-corrected chi connectivity index (χ0v) is 39.6. The zero-order chi connectivity index (χ0) is 45.4. The number of nitrogens with two attached hydrogens (primary N) is 1. The lowest BCUT2D eigenvalue weighted by molar-refractivity contribution is 0.468. The van der Waals surface area contributed by atoms with Crippen LogP contribution in [-0.2, 0) is 31.1 Å². The van der Waals surface area contributed by atoms with Gasteiger partial charge in [-0.2, -0.15) is 16.8 Å². The van der Waals surface area contributed by atoms with Gasteiger partial charge in [0.2, 0.25) is 0 Å². The van der Waals surface area contributed by atoms with E-state index >= 15 is 0 Å². The van der Waals surface area contributed by atoms with Crippen molar-refractivity contribution in [3.8, 4) is 0 Å². The summed E-state index contributed by atoms with van der Waals surface area (Å²) in [7, 11) is -8.11. The first-order valence-electron chi connectivity index (χ1n) is 22.3. The molecule has 1 atom stereocenters. The van der Waals surface area contributed by atoms with Crippen LogP contribution in [0.4, 0.5) is 17.1 Å². The van der Waals surface area contributed by atoms with E-state index in [1.807, 2.05) is 12.1 Å². The Hall–Kier alpha value is -4.85. The molecule has 4 N–H and O–H groups in total. The first kappa shape index (κ1) is 45.7. The Morgan fingerprint density at radius 2 is 1.30 bits per heavy atom. The maximum absolute atomic E-state index is 11.7. The van der Waals surface area contributed by atoms with Gasteiger partial charge in [0.25, 0.3) is 20.2 Å². The molecule has 5 aromatic carbocycles. The molecule has 9 nitrogen and oxygen atoms in total. The highest BCUT2D eigenvalue weighted by molar-refractivity contribution is 8.03. The zero-order valence-electron chi connectivity index (χ0n) is 37.1. The lowest BCUT2D eigenvalue weighted by atomic mass is 9.78. The highest BCUT2D eigenvalue weighted by Gasteiger charge is 2.44. The highest BCUT2D eigenvalue weighted by atomic mass is 32.2. The molecule has 0 saturated heterocycles. The van der Waals surface area contributed by atoms with Crippen molar-refractivity contribution < 1.29 is 25.9 Å². The topological polar surface area (TPSA) is 141 Å². The summed E-state index contributed by atoms with van der Waals surface area (Å²) in [6.45, 7) is 10.4. The Morgan fingerprint density at radius 3 is 1.94 bits per heavy atom. The third-order valence-corrected chi connectivity index (χ3v) is 16.1. The smallest absolute Gasteiger partial charge is 0.264 e. The van der Waals surface area contributed by atoms with Gasteiger partial charge in [0.15, 0.2) is 0 Å². The number of hydrogen-bond acceptors (Lipinski definition) is 8. The molecule has 0 aromatic heterocycles. The first-order valence-corrected chi connectivity index (χ1v) is 26.3. The normalized spacial score (nSPS) is 19.8. The lowest BCUT2D eigenvalue weighted by Gasteiger charge is -2.33. The number of anilines is 3. The van der Waals surface area contributed by atoms with Crippen LogP contribution in [0.15, 0.2) is 148 Å². The van der Waals surface area contributed by atoms with Crippen LogP contribution < -0.4 is 15.5 Å². The van der Waals surface area contributed by atoms with Gasteiger partial charge in [-0.25, -0.2) is 0 Å². The van der Waals surface area contributed by atoms with Crippen LogP contribution in [0.25, 0.3) is 21.5 Å². The molecular weight excluding hydrogens is 859 g/mol. The molecule has 0 bridgehead atoms. The molecule has 0 spiro atoms. The van der Waals surface area contributed by atoms with Crippen molar-refractivity contribution in [3.05, 3.63) is 154 Å². The summed E-state index contributed by atoms with van der Waals surface area (Å²) in [5.74, 6) is -0.526. The van der Waals surface area contributed by atoms with Gasteiger partial charge in [-0.15, -0.1) is 0 Å². The van der Waals surface area contributed by atoms with E-state index in [0.717, 1.165) is 41.2 Å². The number of unbranched alkanes of at least 4 members (excludes halogenated alkanes) is 2. The molecule has 1 unspecified atom stereocenters. The van der Waals surface area contributed by atoms with Gasteiger partial charge >= 0.3 is 0 Å². The number of benzene rings is 5. The van der Waals surface area contributed by atoms with Gasteiger partial charge in [0.1, 0.15) is 0 Å². The van der Waals surface area contributed by atoms with Crippen molar-refractivity contribution in [2.24, 2.45) is 0 Å². The molecule has 8 rings (SSSR count). The van der Waals surface area contributed by atoms with E-state index in [1.54, 1.807) is 11.8 Å². The third-order valence-electron chi connectivity index (χ3n) is 13.3. The van der Waals surface area contributed by atoms with E-state index < -0.39 is 20.2 Å². The number of nitrogen functional groups attached to an aromatic ring is 1. The fourth-order valence-corrected chi connectivity index (χ4v) is 12.5. The van der Waals surface area contributed by atoms with Crippen molar-refractivity contribution >= 4 is 70.6 Å². The molecule has 12 heteroatoms. The van der Waals surface area contributed by atoms with Gasteiger partial charge < -0.3 is 15.5 Å². The monoisotopic (exact) mass is 917 g/mol. The van der Waals surface area contributed by atoms with Gasteiger partial charge in [-0.1, -0.05) is 118 Å². The summed E-state index contributed by atoms with van der Waals surface area (Å²) in [6, 6.07) is 33.7. The minimum atomic E-state index is -4.06. The molecule has 0 saturated carbocycles. The first-order chi connectivity index (χ1) is 30.4. The average molecular weight is 918 g/mol. The van der Waals surface area contributed by atoms with Crippen LogP contribution in [-0.4, -0.2) is 56.6 Å². The van der Waals surface area contributed by atoms with E-state index in [9.17, 15) is 25.9 Å². The fraction of sp³-hybridized carbons (Fsp3) is 0.346. The van der Waals surface area contributed by atoms with E-state index in [4.69, 9.17) is 5.73 Å². The number of thioether (sulfide) groups is 1. The standard InChI is InChI=1S/C52H59N3O6S3/c1-51(2)46(54(32-9-11-34-63(56,57)58)44-28-20-36-14-5-7-18-42(36)48(44)51)30-22-38-16-13-17-39(50(38)62-41-26-24-40(53)25-27-41)23-31-47-52(3,4)49-43-19-8-6-15-37(43)21-29-45(49)55(47)33-10-12-35-64(59,60)61/h5-8,14-15,18-31,46H,9-13,16-17,32-35,53H2,1-4H3,(H,56,57,58)(H,59,60,61)/b30-22+,39-23+,47-31+. The van der Waals surface area contributed by atoms with Crippen LogP contribution >= 0.6 is 11.8 Å². The van der Waals surface area contributed by atoms with Gasteiger partial charge in [0.05, 0.1) is 17.5 Å². The SMILES string of the molecule is CC1(C)/C(=C\C=C2/CCCC(/C=C/C3N(CCCCS(=O)(=O)O)c4ccc5ccccc5c4C3(C)C)=C2Sc2ccc(N)cc2)N(CCCCS(=O)(=O)O)c2ccc3ccccc3c21. The van der Waals surface area contributed by atoms with E-state index in [0.29, 0.717) is 44.5 Å². The summed E-state index contributed by atoms with van der Waals surface area (Å²) in [4.78, 5) is 7.07. The lowest BCUT2D eigenvalue weighted by Crippen LogP contribution is -2.40. The van der Waals surface area contributed by atoms with Crippen molar-refractivity contribution in [2.75, 3.05) is 40.1 Å². The largest absolute Gasteiger partial charge is 0.399 e. The second-order valence-electron chi connectivity index (χ2n) is 18.5. The summed E-state index contributed by atoms with van der Waals surface area (Å²) < 4.78 is 65.6. The predicted octanol–water partition coefficient (Wildman–Crippen LogP) is 11.8. The van der Waals surface area contributed by atoms with Crippen LogP contribution in [0.1, 0.15) is 83.8 Å². The van der Waals surface area contributed by atoms with Crippen LogP contribution in [0.3, 0.4) is 0 Å². The molecule has 2 aliphatic heterocycles. The summed E-state index contributed by atoms with van der Waals surface area (Å²) in [5, 5.41) is 4.78. The second kappa shape index (κ2) is 18.2. The molecule has 0 fully saturated rings. The van der Waals surface area contributed by atoms with Crippen molar-refractivity contribution in [1.29, 1.82) is 0 Å². The Kier molecular flexibility index (Phi) is 13.0. The second-order valence-corrected chi connectivity index (χ2v) is 22.7. The molecule has 0 radical (unpaired) electrons.